The van der Waals surface area contributed by atoms with Crippen LogP contribution in [-0.2, 0) is 0 Å². The molecular weight excluding hydrogens is 248 g/mol. The van der Waals surface area contributed by atoms with Crippen molar-refractivity contribution >= 4 is 11.5 Å². The Morgan fingerprint density at radius 1 is 1.30 bits per heavy atom. The molecule has 1 aliphatic rings. The highest BCUT2D eigenvalue weighted by molar-refractivity contribution is 5.50. The van der Waals surface area contributed by atoms with Crippen molar-refractivity contribution in [2.45, 2.75) is 38.5 Å². The molecule has 0 bridgehead atoms. The SMILES string of the molecule is CC=C1CCC(c2cc(N(C)C)n3nccc3n2)CC1. The summed E-state index contributed by atoms with van der Waals surface area (Å²) in [4.78, 5) is 6.91. The van der Waals surface area contributed by atoms with E-state index in [0.717, 1.165) is 11.5 Å². The number of allylic oxidation sites excluding steroid dienone is 2. The van der Waals surface area contributed by atoms with E-state index >= 15 is 0 Å². The van der Waals surface area contributed by atoms with Gasteiger partial charge in [-0.05, 0) is 32.6 Å². The van der Waals surface area contributed by atoms with Crippen molar-refractivity contribution in [2.75, 3.05) is 19.0 Å². The molecule has 0 radical (unpaired) electrons. The van der Waals surface area contributed by atoms with E-state index in [1.807, 2.05) is 16.8 Å². The molecule has 0 N–H and O–H groups in total. The summed E-state index contributed by atoms with van der Waals surface area (Å²) >= 11 is 0. The second kappa shape index (κ2) is 5.27. The molecule has 0 aliphatic heterocycles. The number of anilines is 1. The zero-order chi connectivity index (χ0) is 14.1. The summed E-state index contributed by atoms with van der Waals surface area (Å²) in [6.45, 7) is 2.15. The zero-order valence-corrected chi connectivity index (χ0v) is 12.5. The molecule has 0 amide bonds. The van der Waals surface area contributed by atoms with Gasteiger partial charge >= 0.3 is 0 Å². The van der Waals surface area contributed by atoms with Crippen LogP contribution in [-0.4, -0.2) is 28.7 Å². The number of hydrogen-bond acceptors (Lipinski definition) is 3. The highest BCUT2D eigenvalue weighted by atomic mass is 15.3. The van der Waals surface area contributed by atoms with E-state index < -0.39 is 0 Å². The van der Waals surface area contributed by atoms with Gasteiger partial charge in [-0.25, -0.2) is 4.98 Å². The average molecular weight is 270 g/mol. The Morgan fingerprint density at radius 2 is 2.05 bits per heavy atom. The molecule has 2 aromatic rings. The molecule has 4 heteroatoms. The molecule has 1 fully saturated rings. The van der Waals surface area contributed by atoms with Crippen molar-refractivity contribution in [3.05, 3.63) is 35.7 Å². The maximum atomic E-state index is 4.81. The number of rotatable bonds is 2. The van der Waals surface area contributed by atoms with Crippen LogP contribution < -0.4 is 4.90 Å². The van der Waals surface area contributed by atoms with Crippen molar-refractivity contribution in [1.82, 2.24) is 14.6 Å². The maximum absolute atomic E-state index is 4.81. The van der Waals surface area contributed by atoms with Crippen LogP contribution in [0.1, 0.15) is 44.2 Å². The van der Waals surface area contributed by atoms with Gasteiger partial charge in [0.15, 0.2) is 5.65 Å². The Labute approximate surface area is 120 Å². The van der Waals surface area contributed by atoms with Crippen LogP contribution in [0.4, 0.5) is 5.82 Å². The van der Waals surface area contributed by atoms with Crippen LogP contribution in [0, 0.1) is 0 Å². The molecule has 0 spiro atoms. The Bertz CT molecular complexity index is 629. The molecule has 4 nitrogen and oxygen atoms in total. The lowest BCUT2D eigenvalue weighted by Gasteiger charge is -2.25. The molecule has 2 aromatic heterocycles. The summed E-state index contributed by atoms with van der Waals surface area (Å²) in [6, 6.07) is 4.18. The molecule has 1 aliphatic carbocycles. The van der Waals surface area contributed by atoms with Gasteiger partial charge in [-0.15, -0.1) is 0 Å². The Balaban J connectivity index is 1.96. The third-order valence-corrected chi connectivity index (χ3v) is 4.27. The molecule has 106 valence electrons. The summed E-state index contributed by atoms with van der Waals surface area (Å²) in [6.07, 6.45) is 8.94. The highest BCUT2D eigenvalue weighted by Gasteiger charge is 2.21. The van der Waals surface area contributed by atoms with Gasteiger partial charge in [0.2, 0.25) is 0 Å². The molecule has 0 saturated heterocycles. The number of hydrogen-bond donors (Lipinski definition) is 0. The van der Waals surface area contributed by atoms with Gasteiger partial charge < -0.3 is 4.90 Å². The summed E-state index contributed by atoms with van der Waals surface area (Å²) in [5.74, 6) is 1.68. The van der Waals surface area contributed by atoms with Crippen LogP contribution in [0.5, 0.6) is 0 Å². The van der Waals surface area contributed by atoms with Gasteiger partial charge in [0.25, 0.3) is 0 Å². The Kier molecular flexibility index (Phi) is 3.47. The normalized spacial score (nSPS) is 19.4. The minimum absolute atomic E-state index is 0.581. The van der Waals surface area contributed by atoms with Crippen molar-refractivity contribution < 1.29 is 0 Å². The van der Waals surface area contributed by atoms with Gasteiger partial charge in [0.05, 0.1) is 6.20 Å². The van der Waals surface area contributed by atoms with Crippen LogP contribution >= 0.6 is 0 Å². The van der Waals surface area contributed by atoms with E-state index in [-0.39, 0.29) is 0 Å². The number of aromatic nitrogens is 3. The first-order valence-electron chi connectivity index (χ1n) is 7.35. The van der Waals surface area contributed by atoms with Crippen molar-refractivity contribution in [3.8, 4) is 0 Å². The second-order valence-corrected chi connectivity index (χ2v) is 5.76. The summed E-state index contributed by atoms with van der Waals surface area (Å²) in [5.41, 5.74) is 3.76. The van der Waals surface area contributed by atoms with E-state index in [2.05, 4.69) is 43.2 Å². The third kappa shape index (κ3) is 2.30. The van der Waals surface area contributed by atoms with Gasteiger partial charge in [0.1, 0.15) is 5.82 Å². The molecule has 2 heterocycles. The Morgan fingerprint density at radius 3 is 2.70 bits per heavy atom. The second-order valence-electron chi connectivity index (χ2n) is 5.76. The third-order valence-electron chi connectivity index (χ3n) is 4.27. The summed E-state index contributed by atoms with van der Waals surface area (Å²) < 4.78 is 1.91. The quantitative estimate of drug-likeness (QED) is 0.784. The van der Waals surface area contributed by atoms with Gasteiger partial charge in [-0.2, -0.15) is 9.61 Å². The average Bonchev–Trinajstić information content (AvgIpc) is 2.94. The molecule has 3 rings (SSSR count). The van der Waals surface area contributed by atoms with E-state index in [1.54, 1.807) is 5.57 Å². The fourth-order valence-electron chi connectivity index (χ4n) is 3.02. The summed E-state index contributed by atoms with van der Waals surface area (Å²) in [7, 11) is 4.11. The van der Waals surface area contributed by atoms with Crippen LogP contribution in [0.25, 0.3) is 5.65 Å². The van der Waals surface area contributed by atoms with E-state index in [9.17, 15) is 0 Å². The first-order chi connectivity index (χ1) is 9.69. The summed E-state index contributed by atoms with van der Waals surface area (Å²) in [5, 5.41) is 4.35. The lowest BCUT2D eigenvalue weighted by Crippen LogP contribution is -2.16. The predicted octanol–water partition coefficient (Wildman–Crippen LogP) is 3.40. The van der Waals surface area contributed by atoms with Gasteiger partial charge in [0, 0.05) is 37.8 Å². The number of nitrogens with zero attached hydrogens (tertiary/aromatic N) is 4. The van der Waals surface area contributed by atoms with Crippen molar-refractivity contribution in [3.63, 3.8) is 0 Å². The molecule has 0 aromatic carbocycles. The lowest BCUT2D eigenvalue weighted by atomic mass is 9.83. The zero-order valence-electron chi connectivity index (χ0n) is 12.5. The highest BCUT2D eigenvalue weighted by Crippen LogP contribution is 2.35. The molecule has 1 saturated carbocycles. The van der Waals surface area contributed by atoms with Gasteiger partial charge in [-0.3, -0.25) is 0 Å². The first-order valence-corrected chi connectivity index (χ1v) is 7.35. The number of fused-ring (bicyclic) bond motifs is 1. The molecule has 20 heavy (non-hydrogen) atoms. The van der Waals surface area contributed by atoms with E-state index in [4.69, 9.17) is 4.98 Å². The van der Waals surface area contributed by atoms with E-state index in [1.165, 1.54) is 31.4 Å². The fraction of sp³-hybridized carbons (Fsp3) is 0.500. The lowest BCUT2D eigenvalue weighted by molar-refractivity contribution is 0.506. The first kappa shape index (κ1) is 13.2. The standard InChI is InChI=1S/C16H22N4/c1-4-12-5-7-13(8-6-12)14-11-16(19(2)3)20-15(18-14)9-10-17-20/h4,9-11,13H,5-8H2,1-3H3. The topological polar surface area (TPSA) is 33.4 Å². The molecule has 0 atom stereocenters. The van der Waals surface area contributed by atoms with Crippen molar-refractivity contribution in [1.29, 1.82) is 0 Å². The van der Waals surface area contributed by atoms with Crippen LogP contribution in [0.2, 0.25) is 0 Å². The van der Waals surface area contributed by atoms with Crippen LogP contribution in [0.3, 0.4) is 0 Å². The monoisotopic (exact) mass is 270 g/mol. The fourth-order valence-corrected chi connectivity index (χ4v) is 3.02. The maximum Gasteiger partial charge on any atom is 0.157 e. The largest absolute Gasteiger partial charge is 0.363 e. The van der Waals surface area contributed by atoms with Gasteiger partial charge in [-0.1, -0.05) is 11.6 Å². The minimum Gasteiger partial charge on any atom is -0.363 e. The van der Waals surface area contributed by atoms with Crippen molar-refractivity contribution in [2.24, 2.45) is 0 Å². The van der Waals surface area contributed by atoms with E-state index in [0.29, 0.717) is 5.92 Å². The predicted molar refractivity (Wildman–Crippen MR) is 82.3 cm³/mol. The molecule has 0 unspecified atom stereocenters. The smallest absolute Gasteiger partial charge is 0.157 e. The Hall–Kier alpha value is -1.84. The minimum atomic E-state index is 0.581. The van der Waals surface area contributed by atoms with Crippen LogP contribution in [0.15, 0.2) is 30.0 Å². The molecular formula is C16H22N4.